The molecule has 2 aromatic rings. The van der Waals surface area contributed by atoms with Crippen LogP contribution in [0.15, 0.2) is 27.4 Å². The van der Waals surface area contributed by atoms with Gasteiger partial charge in [0.2, 0.25) is 0 Å². The predicted molar refractivity (Wildman–Crippen MR) is 68.5 cm³/mol. The zero-order valence-electron chi connectivity index (χ0n) is 9.98. The first-order valence-corrected chi connectivity index (χ1v) is 5.89. The van der Waals surface area contributed by atoms with E-state index in [9.17, 15) is 9.90 Å². The Morgan fingerprint density at radius 2 is 2.33 bits per heavy atom. The molecule has 1 atom stereocenters. The van der Waals surface area contributed by atoms with E-state index in [2.05, 4.69) is 10.3 Å². The van der Waals surface area contributed by atoms with Gasteiger partial charge in [-0.2, -0.15) is 0 Å². The Kier molecular flexibility index (Phi) is 4.14. The average molecular weight is 251 g/mol. The zero-order valence-corrected chi connectivity index (χ0v) is 9.98. The molecule has 6 nitrogen and oxygen atoms in total. The molecular formula is C12H17N3O3. The van der Waals surface area contributed by atoms with Gasteiger partial charge < -0.3 is 20.6 Å². The van der Waals surface area contributed by atoms with Crippen LogP contribution < -0.4 is 16.8 Å². The van der Waals surface area contributed by atoms with Crippen molar-refractivity contribution >= 4 is 11.1 Å². The minimum Gasteiger partial charge on any atom is -0.408 e. The van der Waals surface area contributed by atoms with E-state index in [0.717, 1.165) is 18.5 Å². The van der Waals surface area contributed by atoms with Gasteiger partial charge in [0, 0.05) is 13.1 Å². The Bertz CT molecular complexity index is 561. The number of fused-ring (bicyclic) bond motifs is 1. The van der Waals surface area contributed by atoms with Crippen LogP contribution in [0.3, 0.4) is 0 Å². The number of hydrogen-bond donors (Lipinski definition) is 4. The van der Waals surface area contributed by atoms with Crippen LogP contribution in [0.1, 0.15) is 5.56 Å². The number of oxazole rings is 1. The molecule has 98 valence electrons. The maximum Gasteiger partial charge on any atom is 0.417 e. The minimum atomic E-state index is -0.502. The van der Waals surface area contributed by atoms with Gasteiger partial charge in [-0.05, 0) is 30.7 Å². The molecule has 0 bridgehead atoms. The number of aliphatic hydroxyl groups is 1. The topological polar surface area (TPSA) is 104 Å². The van der Waals surface area contributed by atoms with E-state index in [1.54, 1.807) is 6.07 Å². The second-order valence-corrected chi connectivity index (χ2v) is 4.19. The molecule has 0 aliphatic rings. The van der Waals surface area contributed by atoms with Crippen LogP contribution in [0.2, 0.25) is 0 Å². The van der Waals surface area contributed by atoms with E-state index in [4.69, 9.17) is 10.2 Å². The molecule has 0 spiro atoms. The third-order valence-corrected chi connectivity index (χ3v) is 2.73. The first kappa shape index (κ1) is 12.8. The largest absolute Gasteiger partial charge is 0.417 e. The molecule has 18 heavy (non-hydrogen) atoms. The Morgan fingerprint density at radius 3 is 3.11 bits per heavy atom. The number of nitrogens with one attached hydrogen (secondary N) is 2. The van der Waals surface area contributed by atoms with Gasteiger partial charge in [-0.3, -0.25) is 4.98 Å². The van der Waals surface area contributed by atoms with Gasteiger partial charge in [0.25, 0.3) is 0 Å². The number of hydrogen-bond acceptors (Lipinski definition) is 5. The van der Waals surface area contributed by atoms with Crippen molar-refractivity contribution in [2.24, 2.45) is 5.73 Å². The van der Waals surface area contributed by atoms with Crippen LogP contribution in [-0.2, 0) is 6.42 Å². The second kappa shape index (κ2) is 5.81. The molecule has 5 N–H and O–H groups in total. The summed E-state index contributed by atoms with van der Waals surface area (Å²) >= 11 is 0. The number of H-pyrrole nitrogens is 1. The van der Waals surface area contributed by atoms with Crippen molar-refractivity contribution in [2.45, 2.75) is 12.5 Å². The molecule has 1 unspecified atom stereocenters. The Morgan fingerprint density at radius 1 is 1.50 bits per heavy atom. The van der Waals surface area contributed by atoms with E-state index in [1.807, 2.05) is 12.1 Å². The lowest BCUT2D eigenvalue weighted by Gasteiger charge is -2.09. The molecule has 0 amide bonds. The molecule has 0 saturated heterocycles. The molecule has 1 aromatic carbocycles. The average Bonchev–Trinajstić information content (AvgIpc) is 2.73. The maximum atomic E-state index is 11.0. The van der Waals surface area contributed by atoms with Crippen molar-refractivity contribution < 1.29 is 9.52 Å². The van der Waals surface area contributed by atoms with Crippen LogP contribution in [0.5, 0.6) is 0 Å². The standard InChI is InChI=1S/C12H17N3O3/c13-6-9(16)7-14-4-3-8-1-2-11-10(5-8)15-12(17)18-11/h1-2,5,9,14,16H,3-4,6-7,13H2,(H,15,17). The predicted octanol–water partition coefficient (Wildman–Crippen LogP) is -0.427. The second-order valence-electron chi connectivity index (χ2n) is 4.19. The van der Waals surface area contributed by atoms with E-state index < -0.39 is 11.9 Å². The molecule has 0 saturated carbocycles. The van der Waals surface area contributed by atoms with Crippen LogP contribution in [0.25, 0.3) is 11.1 Å². The van der Waals surface area contributed by atoms with Gasteiger partial charge in [-0.1, -0.05) is 6.07 Å². The molecule has 1 heterocycles. The van der Waals surface area contributed by atoms with Gasteiger partial charge in [0.1, 0.15) is 0 Å². The van der Waals surface area contributed by atoms with Gasteiger partial charge in [-0.15, -0.1) is 0 Å². The molecule has 6 heteroatoms. The number of aromatic nitrogens is 1. The van der Waals surface area contributed by atoms with E-state index in [1.165, 1.54) is 0 Å². The van der Waals surface area contributed by atoms with E-state index in [0.29, 0.717) is 17.6 Å². The first-order chi connectivity index (χ1) is 8.69. The zero-order chi connectivity index (χ0) is 13.0. The first-order valence-electron chi connectivity index (χ1n) is 5.89. The van der Waals surface area contributed by atoms with Gasteiger partial charge >= 0.3 is 5.76 Å². The maximum absolute atomic E-state index is 11.0. The monoisotopic (exact) mass is 251 g/mol. The number of nitrogens with two attached hydrogens (primary N) is 1. The molecule has 0 aliphatic heterocycles. The Balaban J connectivity index is 1.89. The molecule has 0 aliphatic carbocycles. The number of rotatable bonds is 6. The fraction of sp³-hybridized carbons (Fsp3) is 0.417. The van der Waals surface area contributed by atoms with Crippen molar-refractivity contribution in [3.05, 3.63) is 34.3 Å². The van der Waals surface area contributed by atoms with Crippen molar-refractivity contribution in [1.29, 1.82) is 0 Å². The van der Waals surface area contributed by atoms with Crippen LogP contribution in [-0.4, -0.2) is 35.8 Å². The lowest BCUT2D eigenvalue weighted by Crippen LogP contribution is -2.33. The van der Waals surface area contributed by atoms with Crippen molar-refractivity contribution in [2.75, 3.05) is 19.6 Å². The fourth-order valence-electron chi connectivity index (χ4n) is 1.74. The van der Waals surface area contributed by atoms with Crippen LogP contribution >= 0.6 is 0 Å². The van der Waals surface area contributed by atoms with Crippen molar-refractivity contribution in [3.8, 4) is 0 Å². The third-order valence-electron chi connectivity index (χ3n) is 2.73. The summed E-state index contributed by atoms with van der Waals surface area (Å²) in [6.45, 7) is 1.49. The Hall–Kier alpha value is -1.63. The summed E-state index contributed by atoms with van der Waals surface area (Å²) in [6, 6.07) is 5.58. The quantitative estimate of drug-likeness (QED) is 0.522. The smallest absolute Gasteiger partial charge is 0.408 e. The third kappa shape index (κ3) is 3.19. The van der Waals surface area contributed by atoms with E-state index in [-0.39, 0.29) is 6.54 Å². The number of benzene rings is 1. The summed E-state index contributed by atoms with van der Waals surface area (Å²) in [6.07, 6.45) is 0.304. The number of aromatic amines is 1. The lowest BCUT2D eigenvalue weighted by atomic mass is 10.1. The summed E-state index contributed by atoms with van der Waals surface area (Å²) in [5, 5.41) is 12.4. The Labute approximate surface area is 104 Å². The summed E-state index contributed by atoms with van der Waals surface area (Å²) in [4.78, 5) is 13.6. The highest BCUT2D eigenvalue weighted by atomic mass is 16.4. The summed E-state index contributed by atoms with van der Waals surface area (Å²) < 4.78 is 4.92. The van der Waals surface area contributed by atoms with Gasteiger partial charge in [0.05, 0.1) is 11.6 Å². The minimum absolute atomic E-state index is 0.259. The molecule has 2 rings (SSSR count). The van der Waals surface area contributed by atoms with Gasteiger partial charge in [0.15, 0.2) is 5.58 Å². The highest BCUT2D eigenvalue weighted by Gasteiger charge is 2.03. The van der Waals surface area contributed by atoms with Crippen LogP contribution in [0.4, 0.5) is 0 Å². The van der Waals surface area contributed by atoms with E-state index >= 15 is 0 Å². The highest BCUT2D eigenvalue weighted by molar-refractivity contribution is 5.72. The van der Waals surface area contributed by atoms with Crippen molar-refractivity contribution in [3.63, 3.8) is 0 Å². The summed E-state index contributed by atoms with van der Waals surface area (Å²) in [5.74, 6) is -0.439. The molecular weight excluding hydrogens is 234 g/mol. The summed E-state index contributed by atoms with van der Waals surface area (Å²) in [7, 11) is 0. The van der Waals surface area contributed by atoms with Crippen molar-refractivity contribution in [1.82, 2.24) is 10.3 Å². The lowest BCUT2D eigenvalue weighted by molar-refractivity contribution is 0.180. The number of aliphatic hydroxyl groups excluding tert-OH is 1. The SMILES string of the molecule is NCC(O)CNCCc1ccc2oc(=O)[nH]c2c1. The summed E-state index contributed by atoms with van der Waals surface area (Å²) in [5.41, 5.74) is 7.66. The van der Waals surface area contributed by atoms with Crippen LogP contribution in [0, 0.1) is 0 Å². The molecule has 0 radical (unpaired) electrons. The fourth-order valence-corrected chi connectivity index (χ4v) is 1.74. The van der Waals surface area contributed by atoms with Gasteiger partial charge in [-0.25, -0.2) is 4.79 Å². The molecule has 1 aromatic heterocycles. The molecule has 0 fully saturated rings. The normalized spacial score (nSPS) is 13.0. The highest BCUT2D eigenvalue weighted by Crippen LogP contribution is 2.12.